The largest absolute Gasteiger partial charge is 0.508 e. The lowest BCUT2D eigenvalue weighted by Gasteiger charge is -2.50. The molecule has 6 atom stereocenters. The van der Waals surface area contributed by atoms with Crippen LogP contribution in [0.2, 0.25) is 0 Å². The molecule has 3 aromatic carbocycles. The van der Waals surface area contributed by atoms with Gasteiger partial charge in [-0.15, -0.1) is 23.2 Å². The number of amides is 4. The Labute approximate surface area is 271 Å². The van der Waals surface area contributed by atoms with Gasteiger partial charge >= 0.3 is 0 Å². The molecule has 2 N–H and O–H groups in total. The van der Waals surface area contributed by atoms with E-state index in [0.29, 0.717) is 21.3 Å². The summed E-state index contributed by atoms with van der Waals surface area (Å²) in [6.07, 6.45) is 1.96. The van der Waals surface area contributed by atoms with Crippen LogP contribution in [0.4, 0.5) is 17.1 Å². The number of benzene rings is 3. The van der Waals surface area contributed by atoms with Crippen molar-refractivity contribution in [1.29, 1.82) is 0 Å². The highest BCUT2D eigenvalue weighted by molar-refractivity contribution is 9.10. The molecule has 0 radical (unpaired) electrons. The van der Waals surface area contributed by atoms with Crippen LogP contribution >= 0.6 is 39.1 Å². The maximum Gasteiger partial charge on any atom is 0.253 e. The first-order chi connectivity index (χ1) is 21.0. The number of likely N-dealkylation sites (tertiary alicyclic amines) is 1. The molecule has 1 saturated carbocycles. The first-order valence-corrected chi connectivity index (χ1v) is 15.7. The molecule has 6 unspecified atom stereocenters. The number of nitrogens with one attached hydrogen (secondary N) is 1. The summed E-state index contributed by atoms with van der Waals surface area (Å²) < 4.78 is 0.621. The average molecular weight is 695 g/mol. The number of imide groups is 2. The van der Waals surface area contributed by atoms with E-state index in [0.717, 1.165) is 16.3 Å². The quantitative estimate of drug-likeness (QED) is 0.195. The molecule has 2 aliphatic heterocycles. The molecule has 4 amide bonds. The van der Waals surface area contributed by atoms with Crippen LogP contribution < -0.4 is 10.2 Å². The number of allylic oxidation sites excluding steroid dienone is 2. The van der Waals surface area contributed by atoms with E-state index < -0.39 is 51.1 Å². The monoisotopic (exact) mass is 693 g/mol. The zero-order chi connectivity index (χ0) is 31.1. The van der Waals surface area contributed by atoms with Crippen molar-refractivity contribution in [3.8, 4) is 5.75 Å². The van der Waals surface area contributed by atoms with Gasteiger partial charge in [0.1, 0.15) is 5.75 Å². The molecule has 44 heavy (non-hydrogen) atoms. The Hall–Kier alpha value is -3.66. The summed E-state index contributed by atoms with van der Waals surface area (Å²) in [5.74, 6) is -5.42. The van der Waals surface area contributed by atoms with Gasteiger partial charge in [-0.3, -0.25) is 29.0 Å². The minimum Gasteiger partial charge on any atom is -0.508 e. The van der Waals surface area contributed by atoms with Gasteiger partial charge in [-0.05, 0) is 73.4 Å². The Balaban J connectivity index is 1.28. The van der Waals surface area contributed by atoms with E-state index in [-0.39, 0.29) is 24.5 Å². The minimum atomic E-state index is -1.96. The van der Waals surface area contributed by atoms with E-state index in [1.165, 1.54) is 18.0 Å². The number of fused-ring (bicyclic) bond motifs is 4. The summed E-state index contributed by atoms with van der Waals surface area (Å²) >= 11 is 17.8. The Kier molecular flexibility index (Phi) is 6.73. The average Bonchev–Trinajstić information content (AvgIpc) is 3.34. The molecule has 8 nitrogen and oxygen atoms in total. The highest BCUT2D eigenvalue weighted by atomic mass is 79.9. The third kappa shape index (κ3) is 3.95. The van der Waals surface area contributed by atoms with Crippen LogP contribution in [0.25, 0.3) is 0 Å². The first-order valence-electron chi connectivity index (χ1n) is 14.2. The number of anilines is 3. The Morgan fingerprint density at radius 2 is 1.57 bits per heavy atom. The van der Waals surface area contributed by atoms with E-state index in [9.17, 15) is 24.3 Å². The standard InChI is InChI=1S/C33H26BrCl2N3O5/c1-38-30(43)32(35)16-24-21(27(33(32,36)31(38)44)23-15-17(34)7-14-25(23)40)12-13-22-26(24)29(42)39(28(22)41)20-10-8-19(9-11-20)37-18-5-3-2-4-6-18/h2-12,14-15,22,24,26-27,37,40H,13,16H2,1H3. The third-order valence-electron chi connectivity index (χ3n) is 9.50. The lowest BCUT2D eigenvalue weighted by atomic mass is 9.56. The molecule has 0 bridgehead atoms. The van der Waals surface area contributed by atoms with E-state index in [1.54, 1.807) is 36.4 Å². The SMILES string of the molecule is CN1C(=O)C2(Cl)CC3C(=CCC4C(=O)N(c5ccc(Nc6ccccc6)cc5)C(=O)C43)C(c3cc(Br)ccc3O)C2(Cl)C1=O. The van der Waals surface area contributed by atoms with E-state index in [1.807, 2.05) is 36.4 Å². The molecule has 2 saturated heterocycles. The number of rotatable bonds is 4. The smallest absolute Gasteiger partial charge is 0.253 e. The lowest BCUT2D eigenvalue weighted by Crippen LogP contribution is -2.60. The third-order valence-corrected chi connectivity index (χ3v) is 11.4. The topological polar surface area (TPSA) is 107 Å². The van der Waals surface area contributed by atoms with Crippen molar-refractivity contribution in [2.24, 2.45) is 17.8 Å². The second-order valence-corrected chi connectivity index (χ2v) is 13.9. The maximum atomic E-state index is 14.2. The normalized spacial score (nSPS) is 31.0. The van der Waals surface area contributed by atoms with Gasteiger partial charge < -0.3 is 10.4 Å². The Morgan fingerprint density at radius 3 is 2.27 bits per heavy atom. The summed E-state index contributed by atoms with van der Waals surface area (Å²) in [5.41, 5.74) is 3.05. The molecule has 224 valence electrons. The number of hydrogen-bond acceptors (Lipinski definition) is 6. The number of carbonyl (C=O) groups excluding carboxylic acids is 4. The number of phenols is 1. The number of phenolic OH excluding ortho intramolecular Hbond substituents is 1. The molecule has 11 heteroatoms. The van der Waals surface area contributed by atoms with Crippen LogP contribution in [0.1, 0.15) is 24.3 Å². The zero-order valence-electron chi connectivity index (χ0n) is 23.3. The molecular weight excluding hydrogens is 669 g/mol. The van der Waals surface area contributed by atoms with E-state index >= 15 is 0 Å². The van der Waals surface area contributed by atoms with Gasteiger partial charge in [-0.2, -0.15) is 0 Å². The summed E-state index contributed by atoms with van der Waals surface area (Å²) in [5, 5.41) is 14.3. The van der Waals surface area contributed by atoms with Gasteiger partial charge in [-0.1, -0.05) is 45.8 Å². The van der Waals surface area contributed by atoms with Crippen molar-refractivity contribution in [3.63, 3.8) is 0 Å². The molecule has 3 aromatic rings. The molecule has 3 fully saturated rings. The van der Waals surface area contributed by atoms with Crippen molar-refractivity contribution in [3.05, 3.63) is 94.5 Å². The minimum absolute atomic E-state index is 0.113. The van der Waals surface area contributed by atoms with Crippen LogP contribution in [-0.2, 0) is 19.2 Å². The number of nitrogens with zero attached hydrogens (tertiary/aromatic N) is 2. The molecule has 0 aromatic heterocycles. The van der Waals surface area contributed by atoms with Crippen LogP contribution in [-0.4, -0.2) is 50.4 Å². The second-order valence-electron chi connectivity index (χ2n) is 11.8. The number of para-hydroxylation sites is 1. The predicted octanol–water partition coefficient (Wildman–Crippen LogP) is 6.09. The summed E-state index contributed by atoms with van der Waals surface area (Å²) in [4.78, 5) is 53.6. The number of alkyl halides is 2. The molecule has 0 spiro atoms. The zero-order valence-corrected chi connectivity index (χ0v) is 26.4. The van der Waals surface area contributed by atoms with Gasteiger partial charge in [0.2, 0.25) is 11.8 Å². The molecule has 7 rings (SSSR count). The fraction of sp³-hybridized carbons (Fsp3) is 0.273. The van der Waals surface area contributed by atoms with Gasteiger partial charge in [0.05, 0.1) is 17.5 Å². The second kappa shape index (κ2) is 10.2. The van der Waals surface area contributed by atoms with Crippen molar-refractivity contribution in [2.75, 3.05) is 17.3 Å². The van der Waals surface area contributed by atoms with Crippen molar-refractivity contribution in [1.82, 2.24) is 4.90 Å². The number of aromatic hydroxyl groups is 1. The summed E-state index contributed by atoms with van der Waals surface area (Å²) in [7, 11) is 1.33. The highest BCUT2D eigenvalue weighted by Crippen LogP contribution is 2.66. The molecule has 2 aliphatic carbocycles. The molecule has 4 aliphatic rings. The summed E-state index contributed by atoms with van der Waals surface area (Å²) in [6.45, 7) is 0. The Morgan fingerprint density at radius 1 is 0.886 bits per heavy atom. The Bertz CT molecular complexity index is 1780. The highest BCUT2D eigenvalue weighted by Gasteiger charge is 2.76. The fourth-order valence-electron chi connectivity index (χ4n) is 7.48. The van der Waals surface area contributed by atoms with Crippen molar-refractivity contribution in [2.45, 2.75) is 28.5 Å². The van der Waals surface area contributed by atoms with Crippen molar-refractivity contribution < 1.29 is 24.3 Å². The number of carbonyl (C=O) groups is 4. The van der Waals surface area contributed by atoms with Crippen molar-refractivity contribution >= 4 is 79.8 Å². The number of hydrogen-bond donors (Lipinski definition) is 2. The summed E-state index contributed by atoms with van der Waals surface area (Å²) in [6, 6.07) is 21.4. The van der Waals surface area contributed by atoms with Crippen LogP contribution in [0.5, 0.6) is 5.75 Å². The maximum absolute atomic E-state index is 14.2. The van der Waals surface area contributed by atoms with Gasteiger partial charge in [0.25, 0.3) is 11.8 Å². The van der Waals surface area contributed by atoms with Gasteiger partial charge in [0, 0.05) is 34.4 Å². The van der Waals surface area contributed by atoms with Crippen LogP contribution in [0, 0.1) is 17.8 Å². The fourth-order valence-corrected chi connectivity index (χ4v) is 8.87. The van der Waals surface area contributed by atoms with Gasteiger partial charge in [0.15, 0.2) is 9.75 Å². The van der Waals surface area contributed by atoms with Gasteiger partial charge in [-0.25, -0.2) is 0 Å². The van der Waals surface area contributed by atoms with E-state index in [2.05, 4.69) is 21.2 Å². The molecular formula is C33H26BrCl2N3O5. The first kappa shape index (κ1) is 29.1. The number of halogens is 3. The lowest BCUT2D eigenvalue weighted by molar-refractivity contribution is -0.138. The van der Waals surface area contributed by atoms with Crippen LogP contribution in [0.3, 0.4) is 0 Å². The van der Waals surface area contributed by atoms with Crippen LogP contribution in [0.15, 0.2) is 88.9 Å². The van der Waals surface area contributed by atoms with E-state index in [4.69, 9.17) is 23.2 Å². The molecule has 2 heterocycles. The predicted molar refractivity (Wildman–Crippen MR) is 170 cm³/mol.